The van der Waals surface area contributed by atoms with E-state index in [1.165, 1.54) is 25.1 Å². The summed E-state index contributed by atoms with van der Waals surface area (Å²) >= 11 is 0. The minimum Gasteiger partial charge on any atom is -1.00 e. The number of aromatic hydroxyl groups is 1. The van der Waals surface area contributed by atoms with Crippen LogP contribution in [0, 0.1) is 6.92 Å². The van der Waals surface area contributed by atoms with Crippen LogP contribution in [0.2, 0.25) is 0 Å². The van der Waals surface area contributed by atoms with E-state index in [0.717, 1.165) is 0 Å². The van der Waals surface area contributed by atoms with Gasteiger partial charge in [-0.1, -0.05) is 6.07 Å². The largest absolute Gasteiger partial charge is 1.00 e. The van der Waals surface area contributed by atoms with E-state index in [0.29, 0.717) is 0 Å². The molecule has 1 aromatic rings. The van der Waals surface area contributed by atoms with Crippen molar-refractivity contribution in [1.82, 2.24) is 0 Å². The van der Waals surface area contributed by atoms with Crippen LogP contribution >= 0.6 is 0 Å². The average Bonchev–Trinajstić information content (AvgIpc) is 1.92. The number of phenolic OH excluding ortho intramolecular Hbond substituents is 1. The maximum atomic E-state index is 10.7. The van der Waals surface area contributed by atoms with Crippen LogP contribution in [0.1, 0.15) is 6.99 Å². The van der Waals surface area contributed by atoms with Crippen molar-refractivity contribution in [2.45, 2.75) is 11.8 Å². The summed E-state index contributed by atoms with van der Waals surface area (Å²) in [6.07, 6.45) is 0. The first-order valence-corrected chi connectivity index (χ1v) is 4.63. The Bertz CT molecular complexity index is 404. The molecule has 0 saturated carbocycles. The molecule has 6 heteroatoms. The average molecular weight is 228 g/mol. The first kappa shape index (κ1) is 13.6. The van der Waals surface area contributed by atoms with Gasteiger partial charge in [-0.25, -0.2) is 0 Å². The summed E-state index contributed by atoms with van der Waals surface area (Å²) in [4.78, 5) is -0.262. The van der Waals surface area contributed by atoms with Crippen molar-refractivity contribution >= 4 is 10.1 Å². The molecule has 0 radical (unpaired) electrons. The predicted molar refractivity (Wildman–Crippen MR) is 43.8 cm³/mol. The summed E-state index contributed by atoms with van der Waals surface area (Å²) in [7, 11) is -4.22. The molecule has 0 aromatic heterocycles. The van der Waals surface area contributed by atoms with Crippen LogP contribution in [0.3, 0.4) is 0 Å². The third-order valence-electron chi connectivity index (χ3n) is 1.53. The van der Waals surface area contributed by atoms with Crippen molar-refractivity contribution in [1.29, 1.82) is 0 Å². The van der Waals surface area contributed by atoms with Gasteiger partial charge in [0.25, 0.3) is 10.1 Å². The van der Waals surface area contributed by atoms with Gasteiger partial charge in [0.2, 0.25) is 0 Å². The minimum atomic E-state index is -4.22. The molecule has 0 unspecified atom stereocenters. The van der Waals surface area contributed by atoms with Crippen molar-refractivity contribution in [3.8, 4) is 5.75 Å². The summed E-state index contributed by atoms with van der Waals surface area (Å²) in [5.41, 5.74) is 0.153. The van der Waals surface area contributed by atoms with E-state index in [2.05, 4.69) is 0 Å². The molecular formula is C7H9KO4S. The molecule has 0 saturated heterocycles. The van der Waals surface area contributed by atoms with Gasteiger partial charge in [0.15, 0.2) is 0 Å². The zero-order chi connectivity index (χ0) is 9.35. The van der Waals surface area contributed by atoms with Crippen LogP contribution in [-0.4, -0.2) is 18.1 Å². The molecule has 1 rings (SSSR count). The van der Waals surface area contributed by atoms with E-state index in [1.54, 1.807) is 0 Å². The second-order valence-electron chi connectivity index (χ2n) is 2.38. The van der Waals surface area contributed by atoms with Crippen LogP contribution in [-0.2, 0) is 10.1 Å². The molecular weight excluding hydrogens is 219 g/mol. The summed E-state index contributed by atoms with van der Waals surface area (Å²) in [6, 6.07) is 3.93. The molecule has 0 aliphatic heterocycles. The van der Waals surface area contributed by atoms with E-state index in [9.17, 15) is 8.42 Å². The Labute approximate surface area is 121 Å². The molecule has 0 aliphatic rings. The van der Waals surface area contributed by atoms with E-state index in [4.69, 9.17) is 9.66 Å². The van der Waals surface area contributed by atoms with E-state index >= 15 is 0 Å². The first-order valence-electron chi connectivity index (χ1n) is 3.19. The van der Waals surface area contributed by atoms with E-state index < -0.39 is 10.1 Å². The van der Waals surface area contributed by atoms with Crippen LogP contribution < -0.4 is 51.4 Å². The van der Waals surface area contributed by atoms with E-state index in [-0.39, 0.29) is 69.0 Å². The minimum absolute atomic E-state index is 0. The molecule has 0 amide bonds. The van der Waals surface area contributed by atoms with Gasteiger partial charge in [-0.2, -0.15) is 8.42 Å². The monoisotopic (exact) mass is 228 g/mol. The maximum Gasteiger partial charge on any atom is 1.00 e. The van der Waals surface area contributed by atoms with Gasteiger partial charge in [0.05, 0.1) is 0 Å². The fourth-order valence-corrected chi connectivity index (χ4v) is 1.62. The summed E-state index contributed by atoms with van der Waals surface area (Å²) < 4.78 is 30.0. The summed E-state index contributed by atoms with van der Waals surface area (Å²) in [6.45, 7) is 1.42. The maximum absolute atomic E-state index is 10.7. The molecule has 13 heavy (non-hydrogen) atoms. The molecule has 0 bridgehead atoms. The zero-order valence-electron chi connectivity index (χ0n) is 8.35. The van der Waals surface area contributed by atoms with Crippen LogP contribution in [0.15, 0.2) is 23.1 Å². The topological polar surface area (TPSA) is 74.6 Å². The smallest absolute Gasteiger partial charge is 1.00 e. The molecule has 2 N–H and O–H groups in total. The zero-order valence-corrected chi connectivity index (χ0v) is 11.3. The van der Waals surface area contributed by atoms with Crippen molar-refractivity contribution in [2.24, 2.45) is 0 Å². The Morgan fingerprint density at radius 3 is 2.31 bits per heavy atom. The Balaban J connectivity index is 0. The summed E-state index contributed by atoms with van der Waals surface area (Å²) in [5, 5.41) is 9.09. The third kappa shape index (κ3) is 3.32. The number of hydrogen-bond donors (Lipinski definition) is 2. The molecule has 1 aromatic carbocycles. The Morgan fingerprint density at radius 1 is 1.38 bits per heavy atom. The molecule has 0 spiro atoms. The van der Waals surface area contributed by atoms with Crippen molar-refractivity contribution < 1.29 is 70.9 Å². The van der Waals surface area contributed by atoms with Gasteiger partial charge in [0.1, 0.15) is 10.6 Å². The SMILES string of the molecule is Cc1c(O)cccc1S(=O)(=O)O.[H-].[K+]. The Morgan fingerprint density at radius 2 is 1.92 bits per heavy atom. The van der Waals surface area contributed by atoms with Gasteiger partial charge in [-0.05, 0) is 19.1 Å². The second-order valence-corrected chi connectivity index (χ2v) is 3.77. The number of hydrogen-bond acceptors (Lipinski definition) is 3. The third-order valence-corrected chi connectivity index (χ3v) is 2.53. The fourth-order valence-electron chi connectivity index (χ4n) is 0.882. The molecule has 0 aliphatic carbocycles. The molecule has 0 atom stereocenters. The van der Waals surface area contributed by atoms with Crippen molar-refractivity contribution in [2.75, 3.05) is 0 Å². The number of rotatable bonds is 1. The van der Waals surface area contributed by atoms with Gasteiger partial charge < -0.3 is 6.53 Å². The van der Waals surface area contributed by atoms with Crippen LogP contribution in [0.25, 0.3) is 0 Å². The van der Waals surface area contributed by atoms with Crippen molar-refractivity contribution in [3.63, 3.8) is 0 Å². The second kappa shape index (κ2) is 4.88. The van der Waals surface area contributed by atoms with Gasteiger partial charge in [-0.3, -0.25) is 4.55 Å². The first-order chi connectivity index (χ1) is 5.43. The number of phenols is 1. The van der Waals surface area contributed by atoms with Gasteiger partial charge in [-0.15, -0.1) is 0 Å². The normalized spacial score (nSPS) is 10.6. The van der Waals surface area contributed by atoms with Crippen LogP contribution in [0.5, 0.6) is 5.75 Å². The fraction of sp³-hybridized carbons (Fsp3) is 0.143. The van der Waals surface area contributed by atoms with Gasteiger partial charge >= 0.3 is 51.4 Å². The van der Waals surface area contributed by atoms with Crippen LogP contribution in [0.4, 0.5) is 0 Å². The van der Waals surface area contributed by atoms with Crippen molar-refractivity contribution in [3.05, 3.63) is 23.8 Å². The molecule has 0 fully saturated rings. The molecule has 0 heterocycles. The Kier molecular flexibility index (Phi) is 5.09. The number of benzene rings is 1. The predicted octanol–water partition coefficient (Wildman–Crippen LogP) is -1.94. The summed E-state index contributed by atoms with van der Waals surface area (Å²) in [5.74, 6) is -0.148. The van der Waals surface area contributed by atoms with E-state index in [1.807, 2.05) is 0 Å². The van der Waals surface area contributed by atoms with Gasteiger partial charge in [0, 0.05) is 5.56 Å². The molecule has 4 nitrogen and oxygen atoms in total. The molecule has 68 valence electrons. The Hall–Kier alpha value is 0.566. The quantitative estimate of drug-likeness (QED) is 0.433. The standard InChI is InChI=1S/C7H8O4S.K.H/c1-5-6(8)3-2-4-7(5)12(9,10)11;;/h2-4,8H,1H3,(H,9,10,11);;/q;+1;-1.